The van der Waals surface area contributed by atoms with Crippen LogP contribution in [0.1, 0.15) is 22.6 Å². The van der Waals surface area contributed by atoms with Gasteiger partial charge in [-0.3, -0.25) is 0 Å². The lowest BCUT2D eigenvalue weighted by Crippen LogP contribution is -2.21. The van der Waals surface area contributed by atoms with Crippen LogP contribution in [0.15, 0.2) is 64.0 Å². The molecule has 0 spiro atoms. The van der Waals surface area contributed by atoms with Crippen LogP contribution in [-0.2, 0) is 11.9 Å². The summed E-state index contributed by atoms with van der Waals surface area (Å²) in [5.41, 5.74) is 6.43. The highest BCUT2D eigenvalue weighted by Gasteiger charge is 2.39. The van der Waals surface area contributed by atoms with E-state index in [1.165, 1.54) is 12.1 Å². The number of pyridine rings is 1. The van der Waals surface area contributed by atoms with Gasteiger partial charge in [0.05, 0.1) is 12.2 Å². The highest BCUT2D eigenvalue weighted by molar-refractivity contribution is 7.98. The van der Waals surface area contributed by atoms with Gasteiger partial charge in [-0.1, -0.05) is 42.1 Å². The number of nitrogens with two attached hydrogens (primary N) is 1. The normalized spacial score (nSPS) is 12.0. The number of hydrogen-bond acceptors (Lipinski definition) is 10. The van der Waals surface area contributed by atoms with Crippen LogP contribution in [0.4, 0.5) is 19.0 Å². The molecule has 9 nitrogen and oxygen atoms in total. The highest BCUT2D eigenvalue weighted by Crippen LogP contribution is 2.40. The second-order valence-electron chi connectivity index (χ2n) is 8.27. The second-order valence-corrected chi connectivity index (χ2v) is 9.23. The molecule has 0 aliphatic rings. The topological polar surface area (TPSA) is 162 Å². The maximum absolute atomic E-state index is 13.7. The van der Waals surface area contributed by atoms with Crippen LogP contribution in [0.2, 0.25) is 0 Å². The molecule has 4 aromatic rings. The number of aliphatic hydroxyl groups excluding tert-OH is 2. The number of thioether (sulfide) groups is 1. The molecule has 204 valence electrons. The number of nitrogens with zero attached hydrogens (tertiary/aromatic N) is 4. The summed E-state index contributed by atoms with van der Waals surface area (Å²) in [5, 5.41) is 38.1. The maximum Gasteiger partial charge on any atom is 0.451 e. The lowest BCUT2D eigenvalue weighted by atomic mass is 9.97. The summed E-state index contributed by atoms with van der Waals surface area (Å²) >= 11 is 0.801. The van der Waals surface area contributed by atoms with Gasteiger partial charge in [-0.2, -0.15) is 23.7 Å². The molecule has 0 aliphatic carbocycles. The van der Waals surface area contributed by atoms with Crippen LogP contribution < -0.4 is 10.5 Å². The molecule has 2 aromatic heterocycles. The summed E-state index contributed by atoms with van der Waals surface area (Å²) in [6, 6.07) is 18.2. The zero-order chi connectivity index (χ0) is 28.9. The summed E-state index contributed by atoms with van der Waals surface area (Å²) in [6.45, 7) is -0.627. The van der Waals surface area contributed by atoms with E-state index < -0.39 is 30.3 Å². The van der Waals surface area contributed by atoms with Crippen molar-refractivity contribution in [2.45, 2.75) is 23.1 Å². The molecule has 0 unspecified atom stereocenters. The van der Waals surface area contributed by atoms with Gasteiger partial charge in [0.25, 0.3) is 0 Å². The molecule has 0 bridgehead atoms. The zero-order valence-corrected chi connectivity index (χ0v) is 21.3. The number of ether oxygens (including phenoxy) is 1. The number of halogens is 3. The fourth-order valence-corrected chi connectivity index (χ4v) is 4.59. The van der Waals surface area contributed by atoms with Gasteiger partial charge in [0.1, 0.15) is 52.7 Å². The van der Waals surface area contributed by atoms with E-state index in [1.54, 1.807) is 42.5 Å². The molecule has 0 saturated carbocycles. The molecule has 0 aliphatic heterocycles. The third kappa shape index (κ3) is 6.18. The monoisotopic (exact) mass is 567 g/mol. The Morgan fingerprint density at radius 3 is 2.27 bits per heavy atom. The van der Waals surface area contributed by atoms with Crippen LogP contribution >= 0.6 is 11.8 Å². The molecule has 0 fully saturated rings. The summed E-state index contributed by atoms with van der Waals surface area (Å²) in [7, 11) is 0. The molecule has 2 heterocycles. The summed E-state index contributed by atoms with van der Waals surface area (Å²) < 4.78 is 51.7. The number of alkyl halides is 3. The van der Waals surface area contributed by atoms with E-state index in [9.17, 15) is 28.8 Å². The Hall–Kier alpha value is -4.56. The van der Waals surface area contributed by atoms with Gasteiger partial charge in [-0.05, 0) is 29.8 Å². The van der Waals surface area contributed by atoms with Crippen LogP contribution in [0.25, 0.3) is 22.6 Å². The minimum atomic E-state index is -4.81. The predicted molar refractivity (Wildman–Crippen MR) is 139 cm³/mol. The van der Waals surface area contributed by atoms with Crippen LogP contribution in [-0.4, -0.2) is 39.5 Å². The molecule has 2 aromatic carbocycles. The number of anilines is 1. The minimum absolute atomic E-state index is 0.0118. The number of nitriles is 2. The molecule has 40 heavy (non-hydrogen) atoms. The first-order chi connectivity index (χ1) is 19.2. The first kappa shape index (κ1) is 28.4. The van der Waals surface area contributed by atoms with E-state index in [4.69, 9.17) is 20.0 Å². The van der Waals surface area contributed by atoms with E-state index in [-0.39, 0.29) is 45.8 Å². The Morgan fingerprint density at radius 1 is 1.00 bits per heavy atom. The third-order valence-electron chi connectivity index (χ3n) is 5.53. The van der Waals surface area contributed by atoms with Gasteiger partial charge < -0.3 is 25.1 Å². The lowest BCUT2D eigenvalue weighted by Gasteiger charge is -2.14. The van der Waals surface area contributed by atoms with E-state index >= 15 is 0 Å². The van der Waals surface area contributed by atoms with Crippen molar-refractivity contribution in [1.82, 2.24) is 9.97 Å². The van der Waals surface area contributed by atoms with Crippen LogP contribution in [0.5, 0.6) is 5.75 Å². The smallest absolute Gasteiger partial charge is 0.451 e. The number of benzene rings is 2. The van der Waals surface area contributed by atoms with E-state index in [0.717, 1.165) is 11.8 Å². The average Bonchev–Trinajstić information content (AvgIpc) is 3.40. The van der Waals surface area contributed by atoms with Crippen molar-refractivity contribution in [2.75, 3.05) is 18.9 Å². The Labute approximate surface area is 230 Å². The molecule has 4 N–H and O–H groups in total. The SMILES string of the molecule is N#Cc1c(N)nc(SCc2nc(-c3ccccc3)oc2C(F)(F)F)c(C#N)c1-c1ccc(OC[C@H](O)CO)cc1. The highest BCUT2D eigenvalue weighted by atomic mass is 32.2. The number of rotatable bonds is 9. The van der Waals surface area contributed by atoms with Crippen molar-refractivity contribution in [3.8, 4) is 40.5 Å². The second kappa shape index (κ2) is 12.1. The number of hydrogen-bond donors (Lipinski definition) is 3. The van der Waals surface area contributed by atoms with Gasteiger partial charge >= 0.3 is 6.18 Å². The van der Waals surface area contributed by atoms with E-state index in [2.05, 4.69) is 9.97 Å². The molecule has 0 radical (unpaired) electrons. The minimum Gasteiger partial charge on any atom is -0.491 e. The van der Waals surface area contributed by atoms with Gasteiger partial charge in [0.15, 0.2) is 0 Å². The summed E-state index contributed by atoms with van der Waals surface area (Å²) in [6.07, 6.45) is -5.88. The Morgan fingerprint density at radius 2 is 1.68 bits per heavy atom. The molecular formula is C27H20F3N5O4S. The number of nitrogen functional groups attached to an aromatic ring is 1. The number of aliphatic hydroxyl groups is 2. The molecule has 4 rings (SSSR count). The van der Waals surface area contributed by atoms with Crippen molar-refractivity contribution >= 4 is 17.6 Å². The van der Waals surface area contributed by atoms with Crippen LogP contribution in [0.3, 0.4) is 0 Å². The zero-order valence-electron chi connectivity index (χ0n) is 20.5. The maximum atomic E-state index is 13.7. The quantitative estimate of drug-likeness (QED) is 0.240. The summed E-state index contributed by atoms with van der Waals surface area (Å²) in [5.74, 6) is -1.67. The molecule has 1 atom stereocenters. The molecular weight excluding hydrogens is 547 g/mol. The largest absolute Gasteiger partial charge is 0.491 e. The van der Waals surface area contributed by atoms with Gasteiger partial charge in [0, 0.05) is 16.9 Å². The van der Waals surface area contributed by atoms with Gasteiger partial charge in [-0.25, -0.2) is 9.97 Å². The van der Waals surface area contributed by atoms with Gasteiger partial charge in [-0.15, -0.1) is 0 Å². The van der Waals surface area contributed by atoms with Crippen molar-refractivity contribution in [2.24, 2.45) is 0 Å². The Balaban J connectivity index is 1.69. The Kier molecular flexibility index (Phi) is 8.60. The van der Waals surface area contributed by atoms with Crippen molar-refractivity contribution in [3.05, 3.63) is 77.2 Å². The predicted octanol–water partition coefficient (Wildman–Crippen LogP) is 4.77. The van der Waals surface area contributed by atoms with Crippen molar-refractivity contribution < 1.29 is 32.5 Å². The molecule has 0 amide bonds. The average molecular weight is 568 g/mol. The standard InChI is InChI=1S/C27H20F3N5O4S/c28-27(29,30)23-21(34-25(39-23)16-4-2-1-3-5-16)14-40-26-20(11-32)22(19(10-31)24(33)35-26)15-6-8-18(9-7-15)38-13-17(37)12-36/h1-9,17,36-37H,12-14H2,(H2,33,35)/t17-/m1/s1. The lowest BCUT2D eigenvalue weighted by molar-refractivity contribution is -0.153. The molecule has 0 saturated heterocycles. The molecule has 13 heteroatoms. The van der Waals surface area contributed by atoms with Gasteiger partial charge in [0.2, 0.25) is 11.7 Å². The Bertz CT molecular complexity index is 1580. The fraction of sp³-hybridized carbons (Fsp3) is 0.185. The number of oxazole rings is 1. The third-order valence-corrected chi connectivity index (χ3v) is 6.52. The summed E-state index contributed by atoms with van der Waals surface area (Å²) in [4.78, 5) is 8.18. The van der Waals surface area contributed by atoms with E-state index in [0.29, 0.717) is 16.9 Å². The fourth-order valence-electron chi connectivity index (χ4n) is 3.67. The van der Waals surface area contributed by atoms with Crippen molar-refractivity contribution in [1.29, 1.82) is 10.5 Å². The first-order valence-electron chi connectivity index (χ1n) is 11.6. The van der Waals surface area contributed by atoms with Crippen molar-refractivity contribution in [3.63, 3.8) is 0 Å². The van der Waals surface area contributed by atoms with E-state index in [1.807, 2.05) is 12.1 Å². The first-order valence-corrected chi connectivity index (χ1v) is 12.6. The van der Waals surface area contributed by atoms with Crippen LogP contribution in [0, 0.1) is 22.7 Å². The number of aromatic nitrogens is 2.